The van der Waals surface area contributed by atoms with E-state index in [9.17, 15) is 9.59 Å². The van der Waals surface area contributed by atoms with Crippen molar-refractivity contribution < 1.29 is 14.3 Å². The van der Waals surface area contributed by atoms with Crippen molar-refractivity contribution in [2.45, 2.75) is 5.60 Å². The van der Waals surface area contributed by atoms with E-state index in [2.05, 4.69) is 18.5 Å². The van der Waals surface area contributed by atoms with Crippen molar-refractivity contribution in [2.75, 3.05) is 19.7 Å². The standard InChI is InChI=1S/C10H13NO3/c1-3-8(12)10(9(13)4-2)7-11-5-6-14-10/h3-4,11H,1-2,5-7H2. The molecule has 4 nitrogen and oxygen atoms in total. The number of hydrogen-bond acceptors (Lipinski definition) is 4. The monoisotopic (exact) mass is 195 g/mol. The zero-order valence-electron chi connectivity index (χ0n) is 7.91. The van der Waals surface area contributed by atoms with E-state index >= 15 is 0 Å². The minimum atomic E-state index is -1.43. The van der Waals surface area contributed by atoms with E-state index in [0.29, 0.717) is 13.2 Å². The summed E-state index contributed by atoms with van der Waals surface area (Å²) >= 11 is 0. The molecule has 0 saturated carbocycles. The van der Waals surface area contributed by atoms with Gasteiger partial charge < -0.3 is 10.1 Å². The zero-order chi connectivity index (χ0) is 10.6. The molecule has 14 heavy (non-hydrogen) atoms. The highest BCUT2D eigenvalue weighted by Gasteiger charge is 2.44. The van der Waals surface area contributed by atoms with Gasteiger partial charge in [0.2, 0.25) is 5.60 Å². The molecule has 1 N–H and O–H groups in total. The van der Waals surface area contributed by atoms with Gasteiger partial charge in [-0.2, -0.15) is 0 Å². The van der Waals surface area contributed by atoms with Crippen molar-refractivity contribution >= 4 is 11.6 Å². The first-order chi connectivity index (χ1) is 6.67. The molecule has 0 aromatic carbocycles. The molecule has 0 atom stereocenters. The van der Waals surface area contributed by atoms with Crippen LogP contribution in [0.3, 0.4) is 0 Å². The maximum absolute atomic E-state index is 11.5. The Morgan fingerprint density at radius 3 is 2.21 bits per heavy atom. The summed E-state index contributed by atoms with van der Waals surface area (Å²) in [5.41, 5.74) is -1.43. The van der Waals surface area contributed by atoms with Gasteiger partial charge in [0, 0.05) is 13.1 Å². The number of carbonyl (C=O) groups excluding carboxylic acids is 2. The maximum atomic E-state index is 11.5. The van der Waals surface area contributed by atoms with Gasteiger partial charge >= 0.3 is 0 Å². The fraction of sp³-hybridized carbons (Fsp3) is 0.400. The molecule has 0 aromatic heterocycles. The number of morpholine rings is 1. The molecule has 0 unspecified atom stereocenters. The van der Waals surface area contributed by atoms with E-state index in [1.54, 1.807) is 0 Å². The lowest BCUT2D eigenvalue weighted by Gasteiger charge is -2.33. The first kappa shape index (κ1) is 10.8. The fourth-order valence-corrected chi connectivity index (χ4v) is 1.38. The molecule has 76 valence electrons. The Bertz CT molecular complexity index is 255. The summed E-state index contributed by atoms with van der Waals surface area (Å²) in [5.74, 6) is -0.843. The van der Waals surface area contributed by atoms with Crippen LogP contribution in [0.2, 0.25) is 0 Å². The molecule has 1 fully saturated rings. The number of rotatable bonds is 4. The van der Waals surface area contributed by atoms with Crippen LogP contribution in [-0.4, -0.2) is 36.9 Å². The lowest BCUT2D eigenvalue weighted by molar-refractivity contribution is -0.154. The first-order valence-electron chi connectivity index (χ1n) is 4.36. The van der Waals surface area contributed by atoms with Crippen LogP contribution in [0.5, 0.6) is 0 Å². The van der Waals surface area contributed by atoms with Gasteiger partial charge in [-0.3, -0.25) is 9.59 Å². The van der Waals surface area contributed by atoms with Gasteiger partial charge in [0.15, 0.2) is 11.6 Å². The number of hydrogen-bond donors (Lipinski definition) is 1. The quantitative estimate of drug-likeness (QED) is 0.501. The third-order valence-electron chi connectivity index (χ3n) is 2.17. The molecule has 1 rings (SSSR count). The SMILES string of the molecule is C=CC(=O)C1(C(=O)C=C)CNCCO1. The van der Waals surface area contributed by atoms with Gasteiger partial charge in [-0.15, -0.1) is 0 Å². The van der Waals surface area contributed by atoms with E-state index < -0.39 is 17.2 Å². The van der Waals surface area contributed by atoms with Gasteiger partial charge in [-0.05, 0) is 12.2 Å². The average molecular weight is 195 g/mol. The Morgan fingerprint density at radius 1 is 1.29 bits per heavy atom. The van der Waals surface area contributed by atoms with E-state index in [4.69, 9.17) is 4.74 Å². The molecular formula is C10H13NO3. The van der Waals surface area contributed by atoms with Crippen LogP contribution in [0.15, 0.2) is 25.3 Å². The Balaban J connectivity index is 2.99. The van der Waals surface area contributed by atoms with Gasteiger partial charge in [0.05, 0.1) is 6.61 Å². The van der Waals surface area contributed by atoms with Crippen LogP contribution in [0.4, 0.5) is 0 Å². The van der Waals surface area contributed by atoms with Crippen molar-refractivity contribution in [3.63, 3.8) is 0 Å². The lowest BCUT2D eigenvalue weighted by Crippen LogP contribution is -2.59. The molecule has 0 amide bonds. The molecule has 0 spiro atoms. The summed E-state index contributed by atoms with van der Waals surface area (Å²) < 4.78 is 5.27. The Labute approximate surface area is 82.6 Å². The second-order valence-corrected chi connectivity index (χ2v) is 2.99. The second-order valence-electron chi connectivity index (χ2n) is 2.99. The number of nitrogens with one attached hydrogen (secondary N) is 1. The summed E-state index contributed by atoms with van der Waals surface area (Å²) in [6.45, 7) is 7.86. The van der Waals surface area contributed by atoms with E-state index in [-0.39, 0.29) is 6.54 Å². The van der Waals surface area contributed by atoms with Crippen LogP contribution in [0.25, 0.3) is 0 Å². The summed E-state index contributed by atoms with van der Waals surface area (Å²) in [6, 6.07) is 0. The van der Waals surface area contributed by atoms with Crippen LogP contribution < -0.4 is 5.32 Å². The Morgan fingerprint density at radius 2 is 1.86 bits per heavy atom. The molecular weight excluding hydrogens is 182 g/mol. The van der Waals surface area contributed by atoms with Crippen molar-refractivity contribution in [3.8, 4) is 0 Å². The summed E-state index contributed by atoms with van der Waals surface area (Å²) in [6.07, 6.45) is 2.21. The number of ether oxygens (including phenoxy) is 1. The highest BCUT2D eigenvalue weighted by Crippen LogP contribution is 2.17. The van der Waals surface area contributed by atoms with E-state index in [1.165, 1.54) is 0 Å². The number of ketones is 2. The third kappa shape index (κ3) is 1.66. The summed E-state index contributed by atoms with van der Waals surface area (Å²) in [5, 5.41) is 2.94. The third-order valence-corrected chi connectivity index (χ3v) is 2.17. The molecule has 0 bridgehead atoms. The minimum Gasteiger partial charge on any atom is -0.356 e. The average Bonchev–Trinajstić information content (AvgIpc) is 2.27. The molecule has 4 heteroatoms. The zero-order valence-corrected chi connectivity index (χ0v) is 7.91. The van der Waals surface area contributed by atoms with E-state index in [1.807, 2.05) is 0 Å². The van der Waals surface area contributed by atoms with Crippen molar-refractivity contribution in [2.24, 2.45) is 0 Å². The lowest BCUT2D eigenvalue weighted by atomic mass is 9.91. The predicted molar refractivity (Wildman–Crippen MR) is 52.0 cm³/mol. The minimum absolute atomic E-state index is 0.183. The van der Waals surface area contributed by atoms with Gasteiger partial charge in [0.1, 0.15) is 0 Å². The topological polar surface area (TPSA) is 55.4 Å². The number of carbonyl (C=O) groups is 2. The van der Waals surface area contributed by atoms with E-state index in [0.717, 1.165) is 12.2 Å². The highest BCUT2D eigenvalue weighted by atomic mass is 16.5. The summed E-state index contributed by atoms with van der Waals surface area (Å²) in [4.78, 5) is 23.1. The molecule has 1 heterocycles. The molecule has 0 aliphatic carbocycles. The normalized spacial score (nSPS) is 19.7. The first-order valence-corrected chi connectivity index (χ1v) is 4.36. The molecule has 0 radical (unpaired) electrons. The van der Waals surface area contributed by atoms with Crippen molar-refractivity contribution in [1.82, 2.24) is 5.32 Å². The molecule has 0 aromatic rings. The van der Waals surface area contributed by atoms with Crippen LogP contribution in [0.1, 0.15) is 0 Å². The second kappa shape index (κ2) is 4.30. The molecule has 1 aliphatic rings. The molecule has 1 saturated heterocycles. The van der Waals surface area contributed by atoms with Crippen LogP contribution >= 0.6 is 0 Å². The fourth-order valence-electron chi connectivity index (χ4n) is 1.38. The van der Waals surface area contributed by atoms with Gasteiger partial charge in [-0.25, -0.2) is 0 Å². The van der Waals surface area contributed by atoms with Crippen molar-refractivity contribution in [1.29, 1.82) is 0 Å². The van der Waals surface area contributed by atoms with Crippen LogP contribution in [-0.2, 0) is 14.3 Å². The summed E-state index contributed by atoms with van der Waals surface area (Å²) in [7, 11) is 0. The maximum Gasteiger partial charge on any atom is 0.204 e. The smallest absolute Gasteiger partial charge is 0.204 e. The highest BCUT2D eigenvalue weighted by molar-refractivity contribution is 6.18. The van der Waals surface area contributed by atoms with Gasteiger partial charge in [-0.1, -0.05) is 13.2 Å². The largest absolute Gasteiger partial charge is 0.356 e. The predicted octanol–water partition coefficient (Wildman–Crippen LogP) is -0.145. The van der Waals surface area contributed by atoms with Crippen LogP contribution in [0, 0.1) is 0 Å². The Kier molecular flexibility index (Phi) is 3.33. The Hall–Kier alpha value is -1.26. The van der Waals surface area contributed by atoms with Gasteiger partial charge in [0.25, 0.3) is 0 Å². The molecule has 1 aliphatic heterocycles. The van der Waals surface area contributed by atoms with Crippen molar-refractivity contribution in [3.05, 3.63) is 25.3 Å².